The van der Waals surface area contributed by atoms with Gasteiger partial charge in [0.1, 0.15) is 0 Å². The monoisotopic (exact) mass is 258 g/mol. The standard InChI is InChI=1S/C15H22N4/c1-17-10-6-7-12(11-17)18(2)15-16-13-8-4-5-9-14(13)19(15)3/h4-5,8-9,12H,6-7,10-11H2,1-3H3. The summed E-state index contributed by atoms with van der Waals surface area (Å²) in [5, 5.41) is 0. The zero-order valence-corrected chi connectivity index (χ0v) is 12.0. The van der Waals surface area contributed by atoms with E-state index in [0.29, 0.717) is 6.04 Å². The molecule has 0 spiro atoms. The smallest absolute Gasteiger partial charge is 0.206 e. The molecule has 4 nitrogen and oxygen atoms in total. The van der Waals surface area contributed by atoms with Crippen molar-refractivity contribution in [3.63, 3.8) is 0 Å². The predicted octanol–water partition coefficient (Wildman–Crippen LogP) is 2.10. The first-order valence-electron chi connectivity index (χ1n) is 6.99. The fourth-order valence-corrected chi connectivity index (χ4v) is 3.07. The number of nitrogens with zero attached hydrogens (tertiary/aromatic N) is 4. The summed E-state index contributed by atoms with van der Waals surface area (Å²) in [6.45, 7) is 2.34. The lowest BCUT2D eigenvalue weighted by Gasteiger charge is -2.36. The number of para-hydroxylation sites is 2. The lowest BCUT2D eigenvalue weighted by Crippen LogP contribution is -2.45. The Kier molecular flexibility index (Phi) is 3.19. The molecule has 19 heavy (non-hydrogen) atoms. The van der Waals surface area contributed by atoms with Gasteiger partial charge in [-0.05, 0) is 38.6 Å². The van der Waals surface area contributed by atoms with E-state index in [-0.39, 0.29) is 0 Å². The number of rotatable bonds is 2. The fourth-order valence-electron chi connectivity index (χ4n) is 3.07. The Hall–Kier alpha value is -1.55. The summed E-state index contributed by atoms with van der Waals surface area (Å²) < 4.78 is 2.20. The van der Waals surface area contributed by atoms with E-state index in [2.05, 4.69) is 53.7 Å². The van der Waals surface area contributed by atoms with Gasteiger partial charge in [0.15, 0.2) is 0 Å². The summed E-state index contributed by atoms with van der Waals surface area (Å²) in [6, 6.07) is 8.90. The van der Waals surface area contributed by atoms with Crippen LogP contribution >= 0.6 is 0 Å². The Bertz CT molecular complexity index is 575. The molecule has 2 aromatic rings. The Morgan fingerprint density at radius 3 is 2.79 bits per heavy atom. The van der Waals surface area contributed by atoms with Crippen LogP contribution in [0, 0.1) is 0 Å². The highest BCUT2D eigenvalue weighted by Crippen LogP contribution is 2.24. The first-order valence-corrected chi connectivity index (χ1v) is 6.99. The fraction of sp³-hybridized carbons (Fsp3) is 0.533. The van der Waals surface area contributed by atoms with Crippen molar-refractivity contribution in [2.75, 3.05) is 32.1 Å². The molecule has 0 N–H and O–H groups in total. The third-order valence-electron chi connectivity index (χ3n) is 4.23. The van der Waals surface area contributed by atoms with Gasteiger partial charge in [0.2, 0.25) is 5.95 Å². The number of hydrogen-bond donors (Lipinski definition) is 0. The highest BCUT2D eigenvalue weighted by atomic mass is 15.3. The quantitative estimate of drug-likeness (QED) is 0.824. The molecule has 1 aliphatic heterocycles. The van der Waals surface area contributed by atoms with E-state index in [1.165, 1.54) is 24.9 Å². The van der Waals surface area contributed by atoms with E-state index in [0.717, 1.165) is 18.0 Å². The zero-order valence-electron chi connectivity index (χ0n) is 12.0. The second kappa shape index (κ2) is 4.85. The molecule has 0 amide bonds. The average molecular weight is 258 g/mol. The van der Waals surface area contributed by atoms with Gasteiger partial charge in [-0.3, -0.25) is 0 Å². The number of hydrogen-bond acceptors (Lipinski definition) is 3. The number of imidazole rings is 1. The first kappa shape index (κ1) is 12.5. The number of piperidine rings is 1. The lowest BCUT2D eigenvalue weighted by molar-refractivity contribution is 0.246. The number of aromatic nitrogens is 2. The maximum Gasteiger partial charge on any atom is 0.206 e. The number of anilines is 1. The van der Waals surface area contributed by atoms with Gasteiger partial charge >= 0.3 is 0 Å². The lowest BCUT2D eigenvalue weighted by atomic mass is 10.1. The Morgan fingerprint density at radius 1 is 1.26 bits per heavy atom. The molecule has 1 aromatic carbocycles. The first-order chi connectivity index (χ1) is 9.16. The molecule has 0 bridgehead atoms. The Balaban J connectivity index is 1.92. The minimum atomic E-state index is 0.564. The number of likely N-dealkylation sites (N-methyl/N-ethyl adjacent to an activating group) is 2. The maximum absolute atomic E-state index is 4.78. The third kappa shape index (κ3) is 2.21. The summed E-state index contributed by atoms with van der Waals surface area (Å²) in [4.78, 5) is 9.54. The zero-order chi connectivity index (χ0) is 13.4. The van der Waals surface area contributed by atoms with Crippen molar-refractivity contribution in [1.82, 2.24) is 14.5 Å². The minimum Gasteiger partial charge on any atom is -0.341 e. The van der Waals surface area contributed by atoms with Gasteiger partial charge < -0.3 is 14.4 Å². The van der Waals surface area contributed by atoms with Crippen LogP contribution in [0.1, 0.15) is 12.8 Å². The normalized spacial score (nSPS) is 20.9. The molecule has 4 heteroatoms. The van der Waals surface area contributed by atoms with Crippen LogP contribution in [0.5, 0.6) is 0 Å². The molecule has 1 fully saturated rings. The van der Waals surface area contributed by atoms with Gasteiger partial charge in [0, 0.05) is 26.7 Å². The van der Waals surface area contributed by atoms with Crippen molar-refractivity contribution < 1.29 is 0 Å². The SMILES string of the molecule is CN1CCCC(N(C)c2nc3ccccc3n2C)C1. The molecular formula is C15H22N4. The predicted molar refractivity (Wildman–Crippen MR) is 79.6 cm³/mol. The van der Waals surface area contributed by atoms with E-state index < -0.39 is 0 Å². The second-order valence-corrected chi connectivity index (χ2v) is 5.63. The Morgan fingerprint density at radius 2 is 2.05 bits per heavy atom. The van der Waals surface area contributed by atoms with Crippen LogP contribution in [-0.4, -0.2) is 47.7 Å². The van der Waals surface area contributed by atoms with Crippen molar-refractivity contribution in [2.45, 2.75) is 18.9 Å². The summed E-state index contributed by atoms with van der Waals surface area (Å²) in [5.41, 5.74) is 2.28. The molecule has 1 aromatic heterocycles. The van der Waals surface area contributed by atoms with Gasteiger partial charge in [-0.15, -0.1) is 0 Å². The van der Waals surface area contributed by atoms with Crippen molar-refractivity contribution >= 4 is 17.0 Å². The molecule has 0 saturated carbocycles. The molecule has 102 valence electrons. The summed E-state index contributed by atoms with van der Waals surface area (Å²) in [7, 11) is 6.48. The van der Waals surface area contributed by atoms with Crippen LogP contribution in [0.4, 0.5) is 5.95 Å². The van der Waals surface area contributed by atoms with Gasteiger partial charge in [0.25, 0.3) is 0 Å². The van der Waals surface area contributed by atoms with Gasteiger partial charge in [-0.1, -0.05) is 12.1 Å². The van der Waals surface area contributed by atoms with Gasteiger partial charge in [0.05, 0.1) is 11.0 Å². The highest BCUT2D eigenvalue weighted by Gasteiger charge is 2.24. The maximum atomic E-state index is 4.78. The number of benzene rings is 1. The van der Waals surface area contributed by atoms with Crippen molar-refractivity contribution in [1.29, 1.82) is 0 Å². The molecule has 0 radical (unpaired) electrons. The third-order valence-corrected chi connectivity index (χ3v) is 4.23. The van der Waals surface area contributed by atoms with Crippen LogP contribution in [0.3, 0.4) is 0 Å². The topological polar surface area (TPSA) is 24.3 Å². The van der Waals surface area contributed by atoms with E-state index >= 15 is 0 Å². The van der Waals surface area contributed by atoms with Crippen LogP contribution in [-0.2, 0) is 7.05 Å². The van der Waals surface area contributed by atoms with Crippen LogP contribution in [0.2, 0.25) is 0 Å². The van der Waals surface area contributed by atoms with E-state index in [4.69, 9.17) is 4.98 Å². The molecule has 1 unspecified atom stereocenters. The Labute approximate surface area is 114 Å². The van der Waals surface area contributed by atoms with E-state index in [1.54, 1.807) is 0 Å². The number of fused-ring (bicyclic) bond motifs is 1. The average Bonchev–Trinajstić information content (AvgIpc) is 2.76. The van der Waals surface area contributed by atoms with Crippen molar-refractivity contribution in [3.8, 4) is 0 Å². The molecule has 3 rings (SSSR count). The molecular weight excluding hydrogens is 236 g/mol. The summed E-state index contributed by atoms with van der Waals surface area (Å²) >= 11 is 0. The van der Waals surface area contributed by atoms with E-state index in [1.807, 2.05) is 6.07 Å². The van der Waals surface area contributed by atoms with Crippen LogP contribution < -0.4 is 4.90 Å². The van der Waals surface area contributed by atoms with Crippen LogP contribution in [0.25, 0.3) is 11.0 Å². The summed E-state index contributed by atoms with van der Waals surface area (Å²) in [6.07, 6.45) is 2.53. The van der Waals surface area contributed by atoms with Crippen molar-refractivity contribution in [3.05, 3.63) is 24.3 Å². The number of likely N-dealkylation sites (tertiary alicyclic amines) is 1. The van der Waals surface area contributed by atoms with Gasteiger partial charge in [-0.2, -0.15) is 0 Å². The summed E-state index contributed by atoms with van der Waals surface area (Å²) in [5.74, 6) is 1.07. The number of aryl methyl sites for hydroxylation is 1. The van der Waals surface area contributed by atoms with Gasteiger partial charge in [-0.25, -0.2) is 4.98 Å². The molecule has 0 aliphatic carbocycles. The van der Waals surface area contributed by atoms with Crippen molar-refractivity contribution in [2.24, 2.45) is 7.05 Å². The minimum absolute atomic E-state index is 0.564. The van der Waals surface area contributed by atoms with Crippen LogP contribution in [0.15, 0.2) is 24.3 Å². The molecule has 2 heterocycles. The molecule has 1 atom stereocenters. The second-order valence-electron chi connectivity index (χ2n) is 5.63. The molecule has 1 saturated heterocycles. The largest absolute Gasteiger partial charge is 0.341 e. The van der Waals surface area contributed by atoms with E-state index in [9.17, 15) is 0 Å². The highest BCUT2D eigenvalue weighted by molar-refractivity contribution is 5.78. The molecule has 1 aliphatic rings.